The number of unbranched alkanes of at least 4 members (excludes halogenated alkanes) is 1. The van der Waals surface area contributed by atoms with E-state index in [-0.39, 0.29) is 11.2 Å². The van der Waals surface area contributed by atoms with Crippen LogP contribution in [-0.4, -0.2) is 38.6 Å². The molecule has 0 atom stereocenters. The third-order valence-corrected chi connectivity index (χ3v) is 5.42. The summed E-state index contributed by atoms with van der Waals surface area (Å²) >= 11 is 0. The Morgan fingerprint density at radius 1 is 0.885 bits per heavy atom. The lowest BCUT2D eigenvalue weighted by Gasteiger charge is -2.32. The minimum atomic E-state index is -0.444. The molecule has 0 saturated carbocycles. The Hall–Kier alpha value is -1.56. The Labute approximate surface area is 156 Å². The molecule has 0 spiro atoms. The summed E-state index contributed by atoms with van der Waals surface area (Å²) in [5, 5.41) is 2.27. The van der Waals surface area contributed by atoms with E-state index in [1.807, 2.05) is 18.2 Å². The molecule has 4 nitrogen and oxygen atoms in total. The van der Waals surface area contributed by atoms with Crippen LogP contribution < -0.4 is 10.2 Å². The summed E-state index contributed by atoms with van der Waals surface area (Å²) in [5.74, 6) is 0.833. The number of methoxy groups -OCH3 is 1. The average Bonchev–Trinajstić information content (AvgIpc) is 2.81. The first kappa shape index (κ1) is 19.2. The van der Waals surface area contributed by atoms with Gasteiger partial charge >= 0.3 is 7.12 Å². The molecule has 0 radical (unpaired) electrons. The van der Waals surface area contributed by atoms with Gasteiger partial charge in [-0.25, -0.2) is 0 Å². The molecule has 2 aromatic carbocycles. The summed E-state index contributed by atoms with van der Waals surface area (Å²) in [6, 6.07) is 12.4. The molecule has 3 rings (SSSR count). The van der Waals surface area contributed by atoms with Crippen molar-refractivity contribution in [1.29, 1.82) is 0 Å². The number of fused-ring (bicyclic) bond motifs is 1. The van der Waals surface area contributed by atoms with E-state index in [0.29, 0.717) is 6.61 Å². The van der Waals surface area contributed by atoms with Gasteiger partial charge < -0.3 is 18.8 Å². The Kier molecular flexibility index (Phi) is 5.61. The molecule has 26 heavy (non-hydrogen) atoms. The van der Waals surface area contributed by atoms with Crippen LogP contribution in [0.2, 0.25) is 0 Å². The van der Waals surface area contributed by atoms with E-state index >= 15 is 0 Å². The zero-order valence-electron chi connectivity index (χ0n) is 16.5. The van der Waals surface area contributed by atoms with Crippen LogP contribution in [-0.2, 0) is 14.0 Å². The first-order chi connectivity index (χ1) is 12.4. The molecule has 1 saturated heterocycles. The maximum Gasteiger partial charge on any atom is 0.499 e. The molecule has 0 aromatic heterocycles. The van der Waals surface area contributed by atoms with Gasteiger partial charge in [0.05, 0.1) is 17.8 Å². The zero-order valence-corrected chi connectivity index (χ0v) is 16.5. The van der Waals surface area contributed by atoms with Gasteiger partial charge in [0.15, 0.2) is 0 Å². The lowest BCUT2D eigenvalue weighted by atomic mass is 9.75. The normalized spacial score (nSPS) is 18.4. The van der Waals surface area contributed by atoms with Gasteiger partial charge in [-0.3, -0.25) is 0 Å². The molecular formula is C21H29BO4. The summed E-state index contributed by atoms with van der Waals surface area (Å²) in [6.07, 6.45) is 1.93. The second-order valence-corrected chi connectivity index (χ2v) is 7.84. The maximum atomic E-state index is 6.32. The Bertz CT molecular complexity index is 741. The van der Waals surface area contributed by atoms with E-state index < -0.39 is 7.12 Å². The molecule has 0 N–H and O–H groups in total. The first-order valence-electron chi connectivity index (χ1n) is 9.35. The molecule has 140 valence electrons. The Morgan fingerprint density at radius 3 is 2.23 bits per heavy atom. The highest BCUT2D eigenvalue weighted by atomic mass is 16.7. The fourth-order valence-corrected chi connectivity index (χ4v) is 3.14. The standard InChI is InChI=1S/C21H29BO4/c1-20(2)21(3,4)26-22(25-20)19-17-11-7-6-10-16(17)12-13-18(19)24-15-9-8-14-23-5/h6-7,10-13H,8-9,14-15H2,1-5H3. The van der Waals surface area contributed by atoms with Crippen molar-refractivity contribution in [1.82, 2.24) is 0 Å². The fourth-order valence-electron chi connectivity index (χ4n) is 3.14. The summed E-state index contributed by atoms with van der Waals surface area (Å²) < 4.78 is 23.9. The zero-order chi connectivity index (χ0) is 18.8. The van der Waals surface area contributed by atoms with Crippen LogP contribution in [0.3, 0.4) is 0 Å². The SMILES string of the molecule is COCCCCOc1ccc2ccccc2c1B1OC(C)(C)C(C)(C)O1. The van der Waals surface area contributed by atoms with Crippen molar-refractivity contribution < 1.29 is 18.8 Å². The van der Waals surface area contributed by atoms with Crippen molar-refractivity contribution in [3.8, 4) is 5.75 Å². The van der Waals surface area contributed by atoms with Crippen molar-refractivity contribution in [2.24, 2.45) is 0 Å². The van der Waals surface area contributed by atoms with Gasteiger partial charge in [0.25, 0.3) is 0 Å². The van der Waals surface area contributed by atoms with E-state index in [4.69, 9.17) is 18.8 Å². The van der Waals surface area contributed by atoms with E-state index in [1.54, 1.807) is 7.11 Å². The monoisotopic (exact) mass is 356 g/mol. The fraction of sp³-hybridized carbons (Fsp3) is 0.524. The number of ether oxygens (including phenoxy) is 2. The molecule has 1 aliphatic rings. The van der Waals surface area contributed by atoms with Crippen molar-refractivity contribution in [3.63, 3.8) is 0 Å². The van der Waals surface area contributed by atoms with Crippen LogP contribution in [0.25, 0.3) is 10.8 Å². The summed E-state index contributed by atoms with van der Waals surface area (Å²) in [6.45, 7) is 9.69. The van der Waals surface area contributed by atoms with Gasteiger partial charge in [0, 0.05) is 19.2 Å². The lowest BCUT2D eigenvalue weighted by molar-refractivity contribution is 0.00578. The molecule has 1 fully saturated rings. The topological polar surface area (TPSA) is 36.9 Å². The molecule has 0 unspecified atom stereocenters. The smallest absolute Gasteiger partial charge is 0.494 e. The molecule has 1 heterocycles. The summed E-state index contributed by atoms with van der Waals surface area (Å²) in [5.41, 5.74) is 0.211. The predicted molar refractivity (Wildman–Crippen MR) is 106 cm³/mol. The maximum absolute atomic E-state index is 6.32. The van der Waals surface area contributed by atoms with E-state index in [0.717, 1.165) is 41.4 Å². The number of benzene rings is 2. The second kappa shape index (κ2) is 7.59. The van der Waals surface area contributed by atoms with Crippen molar-refractivity contribution in [2.45, 2.75) is 51.7 Å². The van der Waals surface area contributed by atoms with Crippen LogP contribution >= 0.6 is 0 Å². The van der Waals surface area contributed by atoms with Crippen LogP contribution in [0.1, 0.15) is 40.5 Å². The number of rotatable bonds is 7. The molecule has 0 bridgehead atoms. The van der Waals surface area contributed by atoms with Gasteiger partial charge in [-0.2, -0.15) is 0 Å². The molecule has 5 heteroatoms. The van der Waals surface area contributed by atoms with Crippen LogP contribution in [0.15, 0.2) is 36.4 Å². The van der Waals surface area contributed by atoms with Crippen LogP contribution in [0.5, 0.6) is 5.75 Å². The summed E-state index contributed by atoms with van der Waals surface area (Å²) in [7, 11) is 1.28. The third kappa shape index (κ3) is 3.75. The Morgan fingerprint density at radius 2 is 1.54 bits per heavy atom. The highest BCUT2D eigenvalue weighted by Crippen LogP contribution is 2.38. The van der Waals surface area contributed by atoms with Crippen molar-refractivity contribution in [2.75, 3.05) is 20.3 Å². The van der Waals surface area contributed by atoms with E-state index in [2.05, 4.69) is 45.9 Å². The van der Waals surface area contributed by atoms with Gasteiger partial charge in [0.1, 0.15) is 5.75 Å². The molecular weight excluding hydrogens is 327 g/mol. The number of hydrogen-bond donors (Lipinski definition) is 0. The van der Waals surface area contributed by atoms with Gasteiger partial charge in [-0.1, -0.05) is 30.3 Å². The van der Waals surface area contributed by atoms with Crippen molar-refractivity contribution in [3.05, 3.63) is 36.4 Å². The van der Waals surface area contributed by atoms with E-state index in [9.17, 15) is 0 Å². The minimum absolute atomic E-state index is 0.385. The first-order valence-corrected chi connectivity index (χ1v) is 9.35. The van der Waals surface area contributed by atoms with Gasteiger partial charge in [0.2, 0.25) is 0 Å². The van der Waals surface area contributed by atoms with E-state index in [1.165, 1.54) is 0 Å². The quantitative estimate of drug-likeness (QED) is 0.556. The molecule has 0 amide bonds. The highest BCUT2D eigenvalue weighted by Gasteiger charge is 2.52. The van der Waals surface area contributed by atoms with Crippen LogP contribution in [0, 0.1) is 0 Å². The lowest BCUT2D eigenvalue weighted by Crippen LogP contribution is -2.41. The second-order valence-electron chi connectivity index (χ2n) is 7.84. The predicted octanol–water partition coefficient (Wildman–Crippen LogP) is 3.94. The van der Waals surface area contributed by atoms with Crippen molar-refractivity contribution >= 4 is 23.4 Å². The molecule has 1 aliphatic heterocycles. The Balaban J connectivity index is 1.92. The van der Waals surface area contributed by atoms with Crippen LogP contribution in [0.4, 0.5) is 0 Å². The highest BCUT2D eigenvalue weighted by molar-refractivity contribution is 6.66. The van der Waals surface area contributed by atoms with Gasteiger partial charge in [-0.05, 0) is 57.4 Å². The molecule has 0 aliphatic carbocycles. The van der Waals surface area contributed by atoms with Gasteiger partial charge in [-0.15, -0.1) is 0 Å². The minimum Gasteiger partial charge on any atom is -0.494 e. The number of hydrogen-bond acceptors (Lipinski definition) is 4. The largest absolute Gasteiger partial charge is 0.499 e. The third-order valence-electron chi connectivity index (χ3n) is 5.42. The molecule has 2 aromatic rings. The summed E-state index contributed by atoms with van der Waals surface area (Å²) in [4.78, 5) is 0. The average molecular weight is 356 g/mol.